The van der Waals surface area contributed by atoms with E-state index in [1.165, 1.54) is 25.7 Å². The Morgan fingerprint density at radius 3 is 2.39 bits per heavy atom. The molecule has 0 fully saturated rings. The first-order valence-corrected chi connectivity index (χ1v) is 8.71. The van der Waals surface area contributed by atoms with Crippen LogP contribution in [0, 0.1) is 0 Å². The highest BCUT2D eigenvalue weighted by atomic mass is 16.5. The minimum absolute atomic E-state index is 0.350. The van der Waals surface area contributed by atoms with Crippen molar-refractivity contribution in [2.45, 2.75) is 58.8 Å². The van der Waals surface area contributed by atoms with E-state index in [9.17, 15) is 4.79 Å². The van der Waals surface area contributed by atoms with Gasteiger partial charge in [0.15, 0.2) is 11.5 Å². The summed E-state index contributed by atoms with van der Waals surface area (Å²) in [6.07, 6.45) is 7.89. The molecule has 4 nitrogen and oxygen atoms in total. The molecule has 0 spiro atoms. The minimum atomic E-state index is -0.350. The van der Waals surface area contributed by atoms with E-state index in [-0.39, 0.29) is 5.97 Å². The van der Waals surface area contributed by atoms with E-state index in [1.807, 2.05) is 6.92 Å². The quantitative estimate of drug-likeness (QED) is 0.401. The fraction of sp³-hybridized carbons (Fsp3) is 0.632. The van der Waals surface area contributed by atoms with Crippen molar-refractivity contribution in [3.63, 3.8) is 0 Å². The van der Waals surface area contributed by atoms with Gasteiger partial charge in [0.05, 0.1) is 20.3 Å². The first-order chi connectivity index (χ1) is 11.2. The van der Waals surface area contributed by atoms with Gasteiger partial charge in [-0.25, -0.2) is 4.79 Å². The van der Waals surface area contributed by atoms with Crippen LogP contribution in [-0.2, 0) is 4.74 Å². The third kappa shape index (κ3) is 6.93. The van der Waals surface area contributed by atoms with Crippen molar-refractivity contribution >= 4 is 5.97 Å². The maximum Gasteiger partial charge on any atom is 0.342 e. The Labute approximate surface area is 140 Å². The van der Waals surface area contributed by atoms with E-state index < -0.39 is 0 Å². The van der Waals surface area contributed by atoms with Gasteiger partial charge >= 0.3 is 5.97 Å². The van der Waals surface area contributed by atoms with Crippen LogP contribution < -0.4 is 9.47 Å². The van der Waals surface area contributed by atoms with Crippen LogP contribution in [0.25, 0.3) is 0 Å². The van der Waals surface area contributed by atoms with Crippen molar-refractivity contribution in [2.24, 2.45) is 0 Å². The molecule has 0 atom stereocenters. The number of carbonyl (C=O) groups excluding carboxylic acids is 1. The topological polar surface area (TPSA) is 44.8 Å². The molecule has 0 radical (unpaired) electrons. The molecule has 0 N–H and O–H groups in total. The van der Waals surface area contributed by atoms with Crippen LogP contribution in [0.5, 0.6) is 11.5 Å². The van der Waals surface area contributed by atoms with Crippen molar-refractivity contribution in [1.29, 1.82) is 0 Å². The molecule has 0 unspecified atom stereocenters. The van der Waals surface area contributed by atoms with E-state index in [1.54, 1.807) is 25.3 Å². The van der Waals surface area contributed by atoms with Crippen LogP contribution in [-0.4, -0.2) is 26.3 Å². The fourth-order valence-electron chi connectivity index (χ4n) is 2.34. The van der Waals surface area contributed by atoms with E-state index in [2.05, 4.69) is 6.92 Å². The molecule has 0 aliphatic heterocycles. The predicted molar refractivity (Wildman–Crippen MR) is 92.4 cm³/mol. The number of unbranched alkanes of at least 4 members (excludes halogenated alkanes) is 5. The van der Waals surface area contributed by atoms with Gasteiger partial charge in [0.25, 0.3) is 0 Å². The third-order valence-electron chi connectivity index (χ3n) is 3.60. The summed E-state index contributed by atoms with van der Waals surface area (Å²) in [5.41, 5.74) is 0.423. The van der Waals surface area contributed by atoms with Crippen molar-refractivity contribution in [3.05, 3.63) is 23.8 Å². The largest absolute Gasteiger partial charge is 0.492 e. The maximum absolute atomic E-state index is 12.2. The highest BCUT2D eigenvalue weighted by molar-refractivity contribution is 5.93. The Bertz CT molecular complexity index is 457. The highest BCUT2D eigenvalue weighted by Crippen LogP contribution is 2.31. The second kappa shape index (κ2) is 11.8. The number of methoxy groups -OCH3 is 1. The molecular formula is C19H30O4. The number of para-hydroxylation sites is 1. The summed E-state index contributed by atoms with van der Waals surface area (Å²) < 4.78 is 16.3. The van der Waals surface area contributed by atoms with E-state index in [4.69, 9.17) is 14.2 Å². The summed E-state index contributed by atoms with van der Waals surface area (Å²) in [5, 5.41) is 0. The van der Waals surface area contributed by atoms with Crippen LogP contribution in [0.15, 0.2) is 18.2 Å². The smallest absolute Gasteiger partial charge is 0.342 e. The molecule has 1 aromatic carbocycles. The SMILES string of the molecule is CCCCCCCCOC(=O)c1cccc(OCCC)c1OC. The summed E-state index contributed by atoms with van der Waals surface area (Å²) in [5.74, 6) is 0.689. The molecule has 0 aliphatic carbocycles. The van der Waals surface area contributed by atoms with Crippen molar-refractivity contribution in [1.82, 2.24) is 0 Å². The van der Waals surface area contributed by atoms with Gasteiger partial charge in [0.2, 0.25) is 0 Å². The number of hydrogen-bond donors (Lipinski definition) is 0. The summed E-state index contributed by atoms with van der Waals surface area (Å²) in [7, 11) is 1.54. The summed E-state index contributed by atoms with van der Waals surface area (Å²) >= 11 is 0. The molecule has 0 aromatic heterocycles. The van der Waals surface area contributed by atoms with E-state index >= 15 is 0 Å². The number of ether oxygens (including phenoxy) is 3. The molecule has 130 valence electrons. The average Bonchev–Trinajstić information content (AvgIpc) is 2.58. The average molecular weight is 322 g/mol. The first kappa shape index (κ1) is 19.3. The van der Waals surface area contributed by atoms with Gasteiger partial charge in [-0.1, -0.05) is 52.0 Å². The predicted octanol–water partition coefficient (Wildman–Crippen LogP) is 5.00. The van der Waals surface area contributed by atoms with Crippen LogP contribution >= 0.6 is 0 Å². The zero-order chi connectivity index (χ0) is 16.9. The molecule has 0 aliphatic rings. The summed E-state index contributed by atoms with van der Waals surface area (Å²) in [6, 6.07) is 5.30. The second-order valence-electron chi connectivity index (χ2n) is 5.59. The van der Waals surface area contributed by atoms with Gasteiger partial charge in [-0.3, -0.25) is 0 Å². The Morgan fingerprint density at radius 1 is 0.957 bits per heavy atom. The summed E-state index contributed by atoms with van der Waals surface area (Å²) in [6.45, 7) is 5.28. The number of benzene rings is 1. The zero-order valence-corrected chi connectivity index (χ0v) is 14.7. The standard InChI is InChI=1S/C19H30O4/c1-4-6-7-8-9-10-15-23-19(20)16-12-11-13-17(18(16)21-3)22-14-5-2/h11-13H,4-10,14-15H2,1-3H3. The van der Waals surface area contributed by atoms with Gasteiger partial charge in [-0.05, 0) is 25.0 Å². The van der Waals surface area contributed by atoms with Gasteiger partial charge in [0.1, 0.15) is 5.56 Å². The fourth-order valence-corrected chi connectivity index (χ4v) is 2.34. The van der Waals surface area contributed by atoms with Gasteiger partial charge in [-0.2, -0.15) is 0 Å². The lowest BCUT2D eigenvalue weighted by atomic mass is 10.1. The molecule has 0 saturated carbocycles. The number of carbonyl (C=O) groups is 1. The highest BCUT2D eigenvalue weighted by Gasteiger charge is 2.17. The Kier molecular flexibility index (Phi) is 9.92. The molecule has 0 saturated heterocycles. The Balaban J connectivity index is 2.48. The number of hydrogen-bond acceptors (Lipinski definition) is 4. The van der Waals surface area contributed by atoms with Gasteiger partial charge in [-0.15, -0.1) is 0 Å². The normalized spacial score (nSPS) is 10.4. The molecular weight excluding hydrogens is 292 g/mol. The zero-order valence-electron chi connectivity index (χ0n) is 14.7. The lowest BCUT2D eigenvalue weighted by Crippen LogP contribution is -2.09. The molecule has 0 amide bonds. The lowest BCUT2D eigenvalue weighted by Gasteiger charge is -2.13. The minimum Gasteiger partial charge on any atom is -0.492 e. The Hall–Kier alpha value is -1.71. The number of rotatable bonds is 12. The molecule has 0 heterocycles. The van der Waals surface area contributed by atoms with Gasteiger partial charge < -0.3 is 14.2 Å². The maximum atomic E-state index is 12.2. The summed E-state index contributed by atoms with van der Waals surface area (Å²) in [4.78, 5) is 12.2. The molecule has 4 heteroatoms. The van der Waals surface area contributed by atoms with Crippen molar-refractivity contribution < 1.29 is 19.0 Å². The van der Waals surface area contributed by atoms with E-state index in [0.29, 0.717) is 30.3 Å². The molecule has 1 aromatic rings. The van der Waals surface area contributed by atoms with Crippen molar-refractivity contribution in [3.8, 4) is 11.5 Å². The lowest BCUT2D eigenvalue weighted by molar-refractivity contribution is 0.0493. The molecule has 1 rings (SSSR count). The van der Waals surface area contributed by atoms with Crippen molar-refractivity contribution in [2.75, 3.05) is 20.3 Å². The first-order valence-electron chi connectivity index (χ1n) is 8.71. The third-order valence-corrected chi connectivity index (χ3v) is 3.60. The Morgan fingerprint density at radius 2 is 1.70 bits per heavy atom. The van der Waals surface area contributed by atoms with E-state index in [0.717, 1.165) is 19.3 Å². The molecule has 0 bridgehead atoms. The molecule has 23 heavy (non-hydrogen) atoms. The second-order valence-corrected chi connectivity index (χ2v) is 5.59. The van der Waals surface area contributed by atoms with Crippen LogP contribution in [0.4, 0.5) is 0 Å². The number of esters is 1. The van der Waals surface area contributed by atoms with Crippen LogP contribution in [0.2, 0.25) is 0 Å². The van der Waals surface area contributed by atoms with Gasteiger partial charge in [0, 0.05) is 0 Å². The van der Waals surface area contributed by atoms with Crippen LogP contribution in [0.1, 0.15) is 69.2 Å². The monoisotopic (exact) mass is 322 g/mol. The van der Waals surface area contributed by atoms with Crippen LogP contribution in [0.3, 0.4) is 0 Å².